The molecule has 0 bridgehead atoms. The van der Waals surface area contributed by atoms with Crippen LogP contribution in [0, 0.1) is 0 Å². The van der Waals surface area contributed by atoms with Gasteiger partial charge in [-0.1, -0.05) is 35.4 Å². The first-order chi connectivity index (χ1) is 11.8. The molecule has 4 heteroatoms. The number of benzene rings is 1. The molecule has 1 aromatic rings. The van der Waals surface area contributed by atoms with Crippen LogP contribution in [0.4, 0.5) is 0 Å². The molecule has 0 aliphatic carbocycles. The molecule has 0 radical (unpaired) electrons. The number of ether oxygens (including phenoxy) is 2. The van der Waals surface area contributed by atoms with Gasteiger partial charge in [-0.15, -0.1) is 0 Å². The minimum absolute atomic E-state index is 0.168. The summed E-state index contributed by atoms with van der Waals surface area (Å²) in [4.78, 5) is 22.3. The van der Waals surface area contributed by atoms with Crippen LogP contribution in [0.3, 0.4) is 0 Å². The zero-order valence-electron chi connectivity index (χ0n) is 15.8. The fourth-order valence-corrected chi connectivity index (χ4v) is 2.27. The number of allylic oxidation sites excluding steroid dienone is 4. The van der Waals surface area contributed by atoms with Gasteiger partial charge >= 0.3 is 11.9 Å². The maximum Gasteiger partial charge on any atom is 0.308 e. The van der Waals surface area contributed by atoms with Crippen LogP contribution in [-0.4, -0.2) is 11.9 Å². The van der Waals surface area contributed by atoms with Gasteiger partial charge in [-0.25, -0.2) is 0 Å². The maximum absolute atomic E-state index is 11.4. The third kappa shape index (κ3) is 8.89. The summed E-state index contributed by atoms with van der Waals surface area (Å²) in [5.74, 6) is -0.186. The third-order valence-electron chi connectivity index (χ3n) is 3.59. The Balaban J connectivity index is 2.84. The predicted octanol–water partition coefficient (Wildman–Crippen LogP) is 4.91. The van der Waals surface area contributed by atoms with E-state index in [4.69, 9.17) is 9.47 Å². The summed E-state index contributed by atoms with van der Waals surface area (Å²) in [5.41, 5.74) is 4.35. The molecule has 0 aliphatic rings. The van der Waals surface area contributed by atoms with E-state index in [9.17, 15) is 9.59 Å². The SMILES string of the molecule is CC(=O)OCc1ccc(C/C=C(\C)CCC=C(C)C)c(OC(C)=O)c1. The summed E-state index contributed by atoms with van der Waals surface area (Å²) < 4.78 is 10.3. The smallest absolute Gasteiger partial charge is 0.308 e. The Labute approximate surface area is 150 Å². The van der Waals surface area contributed by atoms with E-state index in [2.05, 4.69) is 32.9 Å². The van der Waals surface area contributed by atoms with Crippen LogP contribution in [-0.2, 0) is 27.4 Å². The van der Waals surface area contributed by atoms with Crippen LogP contribution in [0.15, 0.2) is 41.5 Å². The molecule has 0 saturated carbocycles. The van der Waals surface area contributed by atoms with Gasteiger partial charge in [0.15, 0.2) is 0 Å². The Bertz CT molecular complexity index is 664. The van der Waals surface area contributed by atoms with Gasteiger partial charge in [-0.05, 0) is 57.2 Å². The number of carbonyl (C=O) groups is 2. The minimum Gasteiger partial charge on any atom is -0.461 e. The standard InChI is InChI=1S/C21H28O4/c1-15(2)7-6-8-16(3)9-11-20-12-10-19(14-24-17(4)22)13-21(20)25-18(5)23/h7,9-10,12-13H,6,8,11,14H2,1-5H3/b16-9+. The van der Waals surface area contributed by atoms with Crippen molar-refractivity contribution in [1.82, 2.24) is 0 Å². The van der Waals surface area contributed by atoms with Gasteiger partial charge in [0.1, 0.15) is 12.4 Å². The van der Waals surface area contributed by atoms with Crippen LogP contribution in [0.5, 0.6) is 5.75 Å². The number of esters is 2. The summed E-state index contributed by atoms with van der Waals surface area (Å²) in [6.07, 6.45) is 7.12. The Morgan fingerprint density at radius 3 is 2.32 bits per heavy atom. The lowest BCUT2D eigenvalue weighted by molar-refractivity contribution is -0.142. The zero-order chi connectivity index (χ0) is 18.8. The van der Waals surface area contributed by atoms with Crippen molar-refractivity contribution in [3.63, 3.8) is 0 Å². The fourth-order valence-electron chi connectivity index (χ4n) is 2.27. The van der Waals surface area contributed by atoms with Crippen molar-refractivity contribution in [2.24, 2.45) is 0 Å². The first-order valence-electron chi connectivity index (χ1n) is 8.50. The van der Waals surface area contributed by atoms with Crippen LogP contribution < -0.4 is 4.74 Å². The van der Waals surface area contributed by atoms with E-state index in [1.807, 2.05) is 12.1 Å². The minimum atomic E-state index is -0.366. The van der Waals surface area contributed by atoms with E-state index in [1.165, 1.54) is 25.0 Å². The molecule has 1 aromatic carbocycles. The van der Waals surface area contributed by atoms with E-state index in [-0.39, 0.29) is 18.5 Å². The molecular formula is C21H28O4. The van der Waals surface area contributed by atoms with Crippen LogP contribution in [0.1, 0.15) is 58.6 Å². The second-order valence-corrected chi connectivity index (χ2v) is 6.39. The van der Waals surface area contributed by atoms with Crippen molar-refractivity contribution in [2.45, 2.75) is 60.5 Å². The lowest BCUT2D eigenvalue weighted by Gasteiger charge is -2.11. The molecule has 0 aromatic heterocycles. The highest BCUT2D eigenvalue weighted by Gasteiger charge is 2.08. The summed E-state index contributed by atoms with van der Waals surface area (Å²) in [6.45, 7) is 9.22. The largest absolute Gasteiger partial charge is 0.461 e. The highest BCUT2D eigenvalue weighted by Crippen LogP contribution is 2.23. The zero-order valence-corrected chi connectivity index (χ0v) is 15.8. The number of hydrogen-bond acceptors (Lipinski definition) is 4. The summed E-state index contributed by atoms with van der Waals surface area (Å²) in [6, 6.07) is 5.56. The summed E-state index contributed by atoms with van der Waals surface area (Å²) in [7, 11) is 0. The van der Waals surface area contributed by atoms with Crippen LogP contribution in [0.25, 0.3) is 0 Å². The molecule has 0 heterocycles. The van der Waals surface area contributed by atoms with Crippen molar-refractivity contribution >= 4 is 11.9 Å². The van der Waals surface area contributed by atoms with Gasteiger partial charge in [-0.3, -0.25) is 9.59 Å². The molecule has 136 valence electrons. The highest BCUT2D eigenvalue weighted by molar-refractivity contribution is 5.70. The van der Waals surface area contributed by atoms with E-state index < -0.39 is 0 Å². The molecule has 0 N–H and O–H groups in total. The average molecular weight is 344 g/mol. The quantitative estimate of drug-likeness (QED) is 0.382. The molecule has 0 atom stereocenters. The molecular weight excluding hydrogens is 316 g/mol. The molecule has 0 spiro atoms. The molecule has 0 aliphatic heterocycles. The molecule has 0 amide bonds. The molecule has 25 heavy (non-hydrogen) atoms. The monoisotopic (exact) mass is 344 g/mol. The number of carbonyl (C=O) groups excluding carboxylic acids is 2. The van der Waals surface area contributed by atoms with Gasteiger partial charge in [0.25, 0.3) is 0 Å². The number of rotatable bonds is 8. The van der Waals surface area contributed by atoms with Crippen molar-refractivity contribution in [3.8, 4) is 5.75 Å². The summed E-state index contributed by atoms with van der Waals surface area (Å²) in [5, 5.41) is 0. The van der Waals surface area contributed by atoms with Crippen LogP contribution >= 0.6 is 0 Å². The lowest BCUT2D eigenvalue weighted by Crippen LogP contribution is -2.05. The van der Waals surface area contributed by atoms with Gasteiger partial charge in [0.2, 0.25) is 0 Å². The van der Waals surface area contributed by atoms with E-state index in [1.54, 1.807) is 6.07 Å². The Kier molecular flexibility index (Phi) is 8.68. The fraction of sp³-hybridized carbons (Fsp3) is 0.429. The Hall–Kier alpha value is -2.36. The second-order valence-electron chi connectivity index (χ2n) is 6.39. The van der Waals surface area contributed by atoms with Gasteiger partial charge < -0.3 is 9.47 Å². The van der Waals surface area contributed by atoms with E-state index >= 15 is 0 Å². The third-order valence-corrected chi connectivity index (χ3v) is 3.59. The molecule has 4 nitrogen and oxygen atoms in total. The molecule has 0 saturated heterocycles. The molecule has 0 fully saturated rings. The average Bonchev–Trinajstić information content (AvgIpc) is 2.51. The first-order valence-corrected chi connectivity index (χ1v) is 8.50. The molecule has 1 rings (SSSR count). The lowest BCUT2D eigenvalue weighted by atomic mass is 10.0. The first kappa shape index (κ1) is 20.7. The van der Waals surface area contributed by atoms with Gasteiger partial charge in [0, 0.05) is 13.8 Å². The molecule has 0 unspecified atom stereocenters. The Morgan fingerprint density at radius 2 is 1.72 bits per heavy atom. The van der Waals surface area contributed by atoms with Gasteiger partial charge in [0.05, 0.1) is 0 Å². The van der Waals surface area contributed by atoms with Crippen LogP contribution in [0.2, 0.25) is 0 Å². The van der Waals surface area contributed by atoms with Crippen molar-refractivity contribution in [1.29, 1.82) is 0 Å². The normalized spacial score (nSPS) is 11.0. The topological polar surface area (TPSA) is 52.6 Å². The van der Waals surface area contributed by atoms with E-state index in [0.29, 0.717) is 12.2 Å². The van der Waals surface area contributed by atoms with Crippen molar-refractivity contribution in [3.05, 3.63) is 52.6 Å². The Morgan fingerprint density at radius 1 is 1.00 bits per heavy atom. The predicted molar refractivity (Wildman–Crippen MR) is 99.3 cm³/mol. The highest BCUT2D eigenvalue weighted by atomic mass is 16.5. The number of hydrogen-bond donors (Lipinski definition) is 0. The maximum atomic E-state index is 11.4. The summed E-state index contributed by atoms with van der Waals surface area (Å²) >= 11 is 0. The van der Waals surface area contributed by atoms with E-state index in [0.717, 1.165) is 24.0 Å². The van der Waals surface area contributed by atoms with Gasteiger partial charge in [-0.2, -0.15) is 0 Å². The second kappa shape index (κ2) is 10.5. The van der Waals surface area contributed by atoms with Crippen molar-refractivity contribution in [2.75, 3.05) is 0 Å². The van der Waals surface area contributed by atoms with Crippen molar-refractivity contribution < 1.29 is 19.1 Å².